The van der Waals surface area contributed by atoms with Gasteiger partial charge in [0.1, 0.15) is 5.75 Å². The molecule has 2 N–H and O–H groups in total. The second-order valence-corrected chi connectivity index (χ2v) is 5.91. The summed E-state index contributed by atoms with van der Waals surface area (Å²) < 4.78 is 5.26. The molecule has 0 radical (unpaired) electrons. The number of hydrogen-bond donors (Lipinski definition) is 2. The van der Waals surface area contributed by atoms with Gasteiger partial charge in [0, 0.05) is 22.7 Å². The number of carbonyl (C=O) groups excluding carboxylic acids is 1. The Kier molecular flexibility index (Phi) is 6.13. The number of aryl methyl sites for hydroxylation is 1. The third-order valence-electron chi connectivity index (χ3n) is 3.30. The van der Waals surface area contributed by atoms with Gasteiger partial charge in [-0.15, -0.1) is 0 Å². The van der Waals surface area contributed by atoms with E-state index < -0.39 is 0 Å². The summed E-state index contributed by atoms with van der Waals surface area (Å²) in [6.07, 6.45) is 0. The van der Waals surface area contributed by atoms with E-state index in [1.165, 1.54) is 0 Å². The Morgan fingerprint density at radius 3 is 2.70 bits per heavy atom. The zero-order chi connectivity index (χ0) is 16.8. The van der Waals surface area contributed by atoms with E-state index in [4.69, 9.17) is 27.9 Å². The fourth-order valence-electron chi connectivity index (χ4n) is 2.06. The molecule has 4 nitrogen and oxygen atoms in total. The van der Waals surface area contributed by atoms with Crippen molar-refractivity contribution in [1.82, 2.24) is 5.32 Å². The molecular formula is C17H18Cl2N2O2. The van der Waals surface area contributed by atoms with E-state index in [1.54, 1.807) is 19.2 Å². The van der Waals surface area contributed by atoms with Crippen LogP contribution in [0, 0.1) is 6.92 Å². The molecule has 0 fully saturated rings. The highest BCUT2D eigenvalue weighted by Crippen LogP contribution is 2.30. The number of hydrogen-bond acceptors (Lipinski definition) is 3. The Labute approximate surface area is 145 Å². The molecule has 2 aromatic rings. The van der Waals surface area contributed by atoms with Crippen molar-refractivity contribution in [3.63, 3.8) is 0 Å². The molecule has 0 atom stereocenters. The van der Waals surface area contributed by atoms with Gasteiger partial charge in [-0.3, -0.25) is 4.79 Å². The van der Waals surface area contributed by atoms with Crippen LogP contribution >= 0.6 is 23.2 Å². The molecular weight excluding hydrogens is 335 g/mol. The van der Waals surface area contributed by atoms with Gasteiger partial charge in [-0.2, -0.15) is 0 Å². The summed E-state index contributed by atoms with van der Waals surface area (Å²) in [6, 6.07) is 11.0. The second kappa shape index (κ2) is 8.09. The average molecular weight is 353 g/mol. The summed E-state index contributed by atoms with van der Waals surface area (Å²) in [4.78, 5) is 12.0. The Hall–Kier alpha value is -1.91. The highest BCUT2D eigenvalue weighted by molar-refractivity contribution is 6.31. The summed E-state index contributed by atoms with van der Waals surface area (Å²) in [6.45, 7) is 2.46. The summed E-state index contributed by atoms with van der Waals surface area (Å²) >= 11 is 12.0. The lowest BCUT2D eigenvalue weighted by molar-refractivity contribution is -0.119. The molecule has 0 spiro atoms. The SMILES string of the molecule is COc1cc(Cl)c(C)cc1NCC(=O)NCc1cccc(Cl)c1. The maximum atomic E-state index is 12.0. The molecule has 0 unspecified atom stereocenters. The minimum Gasteiger partial charge on any atom is -0.495 e. The van der Waals surface area contributed by atoms with E-state index in [2.05, 4.69) is 10.6 Å². The van der Waals surface area contributed by atoms with Crippen molar-refractivity contribution >= 4 is 34.8 Å². The molecule has 0 saturated carbocycles. The van der Waals surface area contributed by atoms with E-state index in [0.717, 1.165) is 16.8 Å². The molecule has 0 aliphatic heterocycles. The molecule has 2 rings (SSSR count). The van der Waals surface area contributed by atoms with Crippen molar-refractivity contribution in [1.29, 1.82) is 0 Å². The molecule has 2 aromatic carbocycles. The maximum Gasteiger partial charge on any atom is 0.239 e. The molecule has 6 heteroatoms. The monoisotopic (exact) mass is 352 g/mol. The highest BCUT2D eigenvalue weighted by Gasteiger charge is 2.08. The van der Waals surface area contributed by atoms with E-state index >= 15 is 0 Å². The Bertz CT molecular complexity index is 705. The quantitative estimate of drug-likeness (QED) is 0.824. The van der Waals surface area contributed by atoms with Gasteiger partial charge in [0.05, 0.1) is 19.3 Å². The van der Waals surface area contributed by atoms with Gasteiger partial charge in [0.2, 0.25) is 5.91 Å². The topological polar surface area (TPSA) is 50.4 Å². The summed E-state index contributed by atoms with van der Waals surface area (Å²) in [7, 11) is 1.56. The fraction of sp³-hybridized carbons (Fsp3) is 0.235. The normalized spacial score (nSPS) is 10.3. The van der Waals surface area contributed by atoms with Crippen LogP contribution in [0.1, 0.15) is 11.1 Å². The van der Waals surface area contributed by atoms with E-state index in [-0.39, 0.29) is 12.5 Å². The maximum absolute atomic E-state index is 12.0. The van der Waals surface area contributed by atoms with Gasteiger partial charge in [-0.1, -0.05) is 35.3 Å². The summed E-state index contributed by atoms with van der Waals surface area (Å²) in [5.74, 6) is 0.475. The largest absolute Gasteiger partial charge is 0.495 e. The van der Waals surface area contributed by atoms with Crippen LogP contribution in [0.3, 0.4) is 0 Å². The molecule has 122 valence electrons. The van der Waals surface area contributed by atoms with Crippen LogP contribution in [-0.2, 0) is 11.3 Å². The van der Waals surface area contributed by atoms with Crippen LogP contribution in [0.25, 0.3) is 0 Å². The standard InChI is InChI=1S/C17H18Cl2N2O2/c1-11-6-15(16(23-2)8-14(11)19)20-10-17(22)21-9-12-4-3-5-13(18)7-12/h3-8,20H,9-10H2,1-2H3,(H,21,22). The fourth-order valence-corrected chi connectivity index (χ4v) is 2.42. The molecule has 0 aromatic heterocycles. The first-order chi connectivity index (χ1) is 11.0. The average Bonchev–Trinajstić information content (AvgIpc) is 2.53. The van der Waals surface area contributed by atoms with Gasteiger partial charge in [-0.05, 0) is 36.2 Å². The van der Waals surface area contributed by atoms with Crippen molar-refractivity contribution in [2.45, 2.75) is 13.5 Å². The summed E-state index contributed by atoms with van der Waals surface area (Å²) in [5.41, 5.74) is 2.59. The molecule has 0 heterocycles. The van der Waals surface area contributed by atoms with Crippen molar-refractivity contribution < 1.29 is 9.53 Å². The van der Waals surface area contributed by atoms with Crippen LogP contribution < -0.4 is 15.4 Å². The minimum absolute atomic E-state index is 0.125. The van der Waals surface area contributed by atoms with Crippen LogP contribution in [0.5, 0.6) is 5.75 Å². The third kappa shape index (κ3) is 5.05. The van der Waals surface area contributed by atoms with Gasteiger partial charge in [0.25, 0.3) is 0 Å². The molecule has 1 amide bonds. The Morgan fingerprint density at radius 2 is 2.00 bits per heavy atom. The molecule has 23 heavy (non-hydrogen) atoms. The smallest absolute Gasteiger partial charge is 0.239 e. The van der Waals surface area contributed by atoms with Gasteiger partial charge in [-0.25, -0.2) is 0 Å². The number of anilines is 1. The number of nitrogens with one attached hydrogen (secondary N) is 2. The number of benzene rings is 2. The van der Waals surface area contributed by atoms with Crippen LogP contribution in [0.15, 0.2) is 36.4 Å². The minimum atomic E-state index is -0.125. The molecule has 0 aliphatic carbocycles. The molecule has 0 bridgehead atoms. The van der Waals surface area contributed by atoms with Crippen LogP contribution in [0.2, 0.25) is 10.0 Å². The predicted octanol–water partition coefficient (Wildman–Crippen LogP) is 4.04. The number of halogens is 2. The van der Waals surface area contributed by atoms with Crippen molar-refractivity contribution in [2.24, 2.45) is 0 Å². The number of amides is 1. The van der Waals surface area contributed by atoms with Gasteiger partial charge in [0.15, 0.2) is 0 Å². The summed E-state index contributed by atoms with van der Waals surface area (Å²) in [5, 5.41) is 7.16. The van der Waals surface area contributed by atoms with Crippen LogP contribution in [-0.4, -0.2) is 19.6 Å². The zero-order valence-corrected chi connectivity index (χ0v) is 14.5. The van der Waals surface area contributed by atoms with E-state index in [0.29, 0.717) is 22.3 Å². The highest BCUT2D eigenvalue weighted by atomic mass is 35.5. The Morgan fingerprint density at radius 1 is 1.22 bits per heavy atom. The molecule has 0 saturated heterocycles. The van der Waals surface area contributed by atoms with Crippen LogP contribution in [0.4, 0.5) is 5.69 Å². The van der Waals surface area contributed by atoms with Gasteiger partial charge < -0.3 is 15.4 Å². The number of carbonyl (C=O) groups is 1. The first kappa shape index (κ1) is 17.4. The van der Waals surface area contributed by atoms with E-state index in [9.17, 15) is 4.79 Å². The number of methoxy groups -OCH3 is 1. The van der Waals surface area contributed by atoms with Crippen molar-refractivity contribution in [2.75, 3.05) is 19.0 Å². The lowest BCUT2D eigenvalue weighted by Gasteiger charge is -2.13. The predicted molar refractivity (Wildman–Crippen MR) is 94.5 cm³/mol. The first-order valence-electron chi connectivity index (χ1n) is 7.08. The second-order valence-electron chi connectivity index (χ2n) is 5.06. The van der Waals surface area contributed by atoms with Gasteiger partial charge >= 0.3 is 0 Å². The first-order valence-corrected chi connectivity index (χ1v) is 7.84. The lowest BCUT2D eigenvalue weighted by atomic mass is 10.2. The Balaban J connectivity index is 1.90. The van der Waals surface area contributed by atoms with E-state index in [1.807, 2.05) is 31.2 Å². The molecule has 0 aliphatic rings. The third-order valence-corrected chi connectivity index (χ3v) is 3.94. The van der Waals surface area contributed by atoms with Crippen molar-refractivity contribution in [3.8, 4) is 5.75 Å². The van der Waals surface area contributed by atoms with Crippen molar-refractivity contribution in [3.05, 3.63) is 57.6 Å². The number of ether oxygens (including phenoxy) is 1. The lowest BCUT2D eigenvalue weighted by Crippen LogP contribution is -2.29. The zero-order valence-electron chi connectivity index (χ0n) is 13.0. The number of rotatable bonds is 6.